The molecule has 0 bridgehead atoms. The van der Waals surface area contributed by atoms with E-state index in [1.807, 2.05) is 53.9 Å². The van der Waals surface area contributed by atoms with Crippen molar-refractivity contribution >= 4 is 12.6 Å². The summed E-state index contributed by atoms with van der Waals surface area (Å²) in [6.45, 7) is 10.9. The Hall–Kier alpha value is -1.11. The molecule has 0 aliphatic carbocycles. The summed E-state index contributed by atoms with van der Waals surface area (Å²) in [5.74, 6) is 0.641. The summed E-state index contributed by atoms with van der Waals surface area (Å²) in [5, 5.41) is 2.75. The maximum Gasteiger partial charge on any atom is 0.496 e. The molecule has 0 radical (unpaired) electrons. The minimum Gasteiger partial charge on any atom is -0.478 e. The topological polar surface area (TPSA) is 52.6 Å². The number of rotatable bonds is 4. The van der Waals surface area contributed by atoms with Crippen LogP contribution in [0, 0.1) is 0 Å². The Morgan fingerprint density at radius 3 is 2.09 bits per heavy atom. The van der Waals surface area contributed by atoms with Crippen LogP contribution in [-0.4, -0.2) is 44.0 Å². The Kier molecular flexibility index (Phi) is 6.84. The quantitative estimate of drug-likeness (QED) is 0.862. The summed E-state index contributed by atoms with van der Waals surface area (Å²) >= 11 is 0. The third-order valence-electron chi connectivity index (χ3n) is 3.74. The van der Waals surface area contributed by atoms with Crippen LogP contribution in [0.15, 0.2) is 18.3 Å². The van der Waals surface area contributed by atoms with Gasteiger partial charge < -0.3 is 19.4 Å². The van der Waals surface area contributed by atoms with Gasteiger partial charge in [0.15, 0.2) is 0 Å². The Bertz CT molecular complexity index is 433. The minimum atomic E-state index is -0.363. The van der Waals surface area contributed by atoms with Crippen LogP contribution in [0.4, 0.5) is 0 Å². The first-order valence-corrected chi connectivity index (χ1v) is 7.80. The Balaban J connectivity index is 0.000000745. The Labute approximate surface area is 134 Å². The summed E-state index contributed by atoms with van der Waals surface area (Å²) in [5.41, 5.74) is 0.270. The molecule has 0 unspecified atom stereocenters. The predicted octanol–water partition coefficient (Wildman–Crippen LogP) is 2.01. The lowest BCUT2D eigenvalue weighted by atomic mass is 9.80. The molecule has 0 aromatic carbocycles. The average molecular weight is 308 g/mol. The highest BCUT2D eigenvalue weighted by atomic mass is 16.7. The number of ether oxygens (including phenoxy) is 1. The van der Waals surface area contributed by atoms with Crippen LogP contribution >= 0.6 is 0 Å². The maximum atomic E-state index is 5.97. The van der Waals surface area contributed by atoms with E-state index in [-0.39, 0.29) is 18.3 Å². The first kappa shape index (κ1) is 18.9. The molecule has 2 heterocycles. The molecule has 22 heavy (non-hydrogen) atoms. The van der Waals surface area contributed by atoms with E-state index in [1.165, 1.54) is 0 Å². The van der Waals surface area contributed by atoms with E-state index >= 15 is 0 Å². The van der Waals surface area contributed by atoms with E-state index in [9.17, 15) is 0 Å². The van der Waals surface area contributed by atoms with Crippen LogP contribution < -0.4 is 15.5 Å². The molecule has 1 aromatic rings. The van der Waals surface area contributed by atoms with Crippen LogP contribution in [0.25, 0.3) is 0 Å². The molecule has 0 saturated carbocycles. The SMILES string of the molecule is CCCOc1ccc(B2OC(C)(C)C(C)(C)O2)cn1.CNC. The average Bonchev–Trinajstić information content (AvgIpc) is 2.67. The largest absolute Gasteiger partial charge is 0.496 e. The van der Waals surface area contributed by atoms with Gasteiger partial charge in [-0.05, 0) is 54.3 Å². The van der Waals surface area contributed by atoms with E-state index in [0.29, 0.717) is 12.5 Å². The minimum absolute atomic E-state index is 0.324. The monoisotopic (exact) mass is 308 g/mol. The molecular formula is C16H29BN2O3. The van der Waals surface area contributed by atoms with Crippen LogP contribution in [0.1, 0.15) is 41.0 Å². The van der Waals surface area contributed by atoms with Crippen LogP contribution in [-0.2, 0) is 9.31 Å². The van der Waals surface area contributed by atoms with Gasteiger partial charge >= 0.3 is 7.12 Å². The third-order valence-corrected chi connectivity index (χ3v) is 3.74. The van der Waals surface area contributed by atoms with Gasteiger partial charge in [0.05, 0.1) is 17.8 Å². The highest BCUT2D eigenvalue weighted by Gasteiger charge is 2.51. The molecule has 1 saturated heterocycles. The molecule has 1 aliphatic heterocycles. The van der Waals surface area contributed by atoms with Gasteiger partial charge in [0.25, 0.3) is 0 Å². The van der Waals surface area contributed by atoms with Crippen molar-refractivity contribution in [3.8, 4) is 5.88 Å². The molecule has 1 aromatic heterocycles. The lowest BCUT2D eigenvalue weighted by Gasteiger charge is -2.32. The first-order chi connectivity index (χ1) is 10.3. The van der Waals surface area contributed by atoms with Gasteiger partial charge in [0.2, 0.25) is 5.88 Å². The molecule has 0 atom stereocenters. The lowest BCUT2D eigenvalue weighted by molar-refractivity contribution is 0.00578. The predicted molar refractivity (Wildman–Crippen MR) is 90.7 cm³/mol. The van der Waals surface area contributed by atoms with Gasteiger partial charge in [-0.1, -0.05) is 13.0 Å². The fourth-order valence-electron chi connectivity index (χ4n) is 1.80. The molecule has 1 fully saturated rings. The number of hydrogen-bond donors (Lipinski definition) is 1. The standard InChI is InChI=1S/C14H22BNO3.C2H7N/c1-6-9-17-12-8-7-11(10-16-12)15-18-13(2,3)14(4,5)19-15;1-3-2/h7-8,10H,6,9H2,1-5H3;3H,1-2H3. The molecule has 0 spiro atoms. The number of nitrogens with one attached hydrogen (secondary N) is 1. The first-order valence-electron chi connectivity index (χ1n) is 7.80. The molecule has 1 aliphatic rings. The zero-order valence-electron chi connectivity index (χ0n) is 14.9. The smallest absolute Gasteiger partial charge is 0.478 e. The number of hydrogen-bond acceptors (Lipinski definition) is 5. The number of pyridine rings is 1. The maximum absolute atomic E-state index is 5.97. The molecule has 2 rings (SSSR count). The fraction of sp³-hybridized carbons (Fsp3) is 0.688. The third kappa shape index (κ3) is 4.70. The van der Waals surface area contributed by atoms with E-state index < -0.39 is 0 Å². The summed E-state index contributed by atoms with van der Waals surface area (Å²) in [6.07, 6.45) is 2.73. The zero-order chi connectivity index (χ0) is 16.8. The van der Waals surface area contributed by atoms with Crippen molar-refractivity contribution in [1.82, 2.24) is 10.3 Å². The van der Waals surface area contributed by atoms with Crippen molar-refractivity contribution in [1.29, 1.82) is 0 Å². The second-order valence-electron chi connectivity index (χ2n) is 6.37. The summed E-state index contributed by atoms with van der Waals surface area (Å²) < 4.78 is 17.4. The Morgan fingerprint density at radius 2 is 1.68 bits per heavy atom. The van der Waals surface area contributed by atoms with Crippen LogP contribution in [0.2, 0.25) is 0 Å². The van der Waals surface area contributed by atoms with Gasteiger partial charge in [0, 0.05) is 11.7 Å². The zero-order valence-corrected chi connectivity index (χ0v) is 14.9. The fourth-order valence-corrected chi connectivity index (χ4v) is 1.80. The van der Waals surface area contributed by atoms with E-state index in [4.69, 9.17) is 14.0 Å². The molecule has 1 N–H and O–H groups in total. The van der Waals surface area contributed by atoms with Crippen molar-refractivity contribution in [2.45, 2.75) is 52.2 Å². The lowest BCUT2D eigenvalue weighted by Crippen LogP contribution is -2.41. The highest BCUT2D eigenvalue weighted by molar-refractivity contribution is 6.62. The molecule has 6 heteroatoms. The van der Waals surface area contributed by atoms with Crippen molar-refractivity contribution in [2.75, 3.05) is 20.7 Å². The highest BCUT2D eigenvalue weighted by Crippen LogP contribution is 2.36. The van der Waals surface area contributed by atoms with Gasteiger partial charge in [-0.3, -0.25) is 0 Å². The van der Waals surface area contributed by atoms with E-state index in [2.05, 4.69) is 17.2 Å². The molecule has 124 valence electrons. The van der Waals surface area contributed by atoms with Crippen LogP contribution in [0.5, 0.6) is 5.88 Å². The van der Waals surface area contributed by atoms with Crippen molar-refractivity contribution in [3.63, 3.8) is 0 Å². The van der Waals surface area contributed by atoms with Gasteiger partial charge in [0.1, 0.15) is 0 Å². The van der Waals surface area contributed by atoms with Gasteiger partial charge in [-0.25, -0.2) is 4.98 Å². The second kappa shape index (κ2) is 7.95. The molecule has 0 amide bonds. The Morgan fingerprint density at radius 1 is 1.14 bits per heavy atom. The van der Waals surface area contributed by atoms with Crippen LogP contribution in [0.3, 0.4) is 0 Å². The second-order valence-corrected chi connectivity index (χ2v) is 6.37. The number of aromatic nitrogens is 1. The summed E-state index contributed by atoms with van der Waals surface area (Å²) in [6, 6.07) is 3.80. The summed E-state index contributed by atoms with van der Waals surface area (Å²) in [4.78, 5) is 4.27. The van der Waals surface area contributed by atoms with Gasteiger partial charge in [-0.15, -0.1) is 0 Å². The van der Waals surface area contributed by atoms with E-state index in [1.54, 1.807) is 6.20 Å². The number of nitrogens with zero attached hydrogens (tertiary/aromatic N) is 1. The van der Waals surface area contributed by atoms with Gasteiger partial charge in [-0.2, -0.15) is 0 Å². The van der Waals surface area contributed by atoms with Crippen molar-refractivity contribution < 1.29 is 14.0 Å². The normalized spacial score (nSPS) is 18.6. The summed E-state index contributed by atoms with van der Waals surface area (Å²) in [7, 11) is 3.39. The van der Waals surface area contributed by atoms with E-state index in [0.717, 1.165) is 11.9 Å². The van der Waals surface area contributed by atoms with Crippen molar-refractivity contribution in [3.05, 3.63) is 18.3 Å². The van der Waals surface area contributed by atoms with Crippen molar-refractivity contribution in [2.24, 2.45) is 0 Å². The molecule has 5 nitrogen and oxygen atoms in total. The molecular weight excluding hydrogens is 279 g/mol.